The molecular weight excluding hydrogens is 254 g/mol. The van der Waals surface area contributed by atoms with E-state index in [1.165, 1.54) is 0 Å². The van der Waals surface area contributed by atoms with Gasteiger partial charge in [-0.1, -0.05) is 0 Å². The minimum absolute atomic E-state index is 0.0457. The lowest BCUT2D eigenvalue weighted by Crippen LogP contribution is -2.41. The maximum atomic E-state index is 12.4. The van der Waals surface area contributed by atoms with Crippen molar-refractivity contribution in [2.45, 2.75) is 44.1 Å². The summed E-state index contributed by atoms with van der Waals surface area (Å²) in [7, 11) is 1.69. The minimum Gasteiger partial charge on any atom is -0.378 e. The lowest BCUT2D eigenvalue weighted by molar-refractivity contribution is -0.116. The summed E-state index contributed by atoms with van der Waals surface area (Å²) < 4.78 is 5.51. The molecule has 106 valence electrons. The predicted octanol–water partition coefficient (Wildman–Crippen LogP) is 2.71. The normalized spacial score (nSPS) is 19.8. The number of aryl methyl sites for hydroxylation is 1. The highest BCUT2D eigenvalue weighted by Gasteiger charge is 2.39. The monoisotopic (exact) mass is 273 g/mol. The number of hydrogen-bond donors (Lipinski definition) is 1. The summed E-state index contributed by atoms with van der Waals surface area (Å²) in [6.45, 7) is 0. The molecule has 20 heavy (non-hydrogen) atoms. The third-order valence-electron chi connectivity index (χ3n) is 4.50. The molecule has 1 aromatic carbocycles. The number of carbonyl (C=O) groups excluding carboxylic acids is 2. The number of amides is 1. The molecule has 1 heterocycles. The number of benzene rings is 1. The molecular formula is C16H19NO3. The summed E-state index contributed by atoms with van der Waals surface area (Å²) in [6.07, 6.45) is 4.73. The molecule has 1 N–H and O–H groups in total. The van der Waals surface area contributed by atoms with Crippen LogP contribution in [-0.2, 0) is 16.0 Å². The van der Waals surface area contributed by atoms with E-state index in [0.29, 0.717) is 19.3 Å². The number of anilines is 1. The Morgan fingerprint density at radius 1 is 1.35 bits per heavy atom. The van der Waals surface area contributed by atoms with E-state index < -0.39 is 0 Å². The number of Topliss-reactive ketones (excluding diaryl/α,β-unsaturated/α-hetero) is 1. The van der Waals surface area contributed by atoms with E-state index in [9.17, 15) is 9.59 Å². The topological polar surface area (TPSA) is 55.4 Å². The molecule has 0 bridgehead atoms. The Kier molecular flexibility index (Phi) is 3.34. The van der Waals surface area contributed by atoms with Crippen molar-refractivity contribution < 1.29 is 14.3 Å². The van der Waals surface area contributed by atoms with Crippen LogP contribution in [0.2, 0.25) is 0 Å². The van der Waals surface area contributed by atoms with Gasteiger partial charge in [-0.25, -0.2) is 0 Å². The molecule has 2 aliphatic rings. The van der Waals surface area contributed by atoms with Crippen LogP contribution in [0.25, 0.3) is 0 Å². The van der Waals surface area contributed by atoms with Gasteiger partial charge in [0.2, 0.25) is 5.91 Å². The molecule has 1 saturated carbocycles. The number of ketones is 1. The Morgan fingerprint density at radius 3 is 2.80 bits per heavy atom. The second-order valence-electron chi connectivity index (χ2n) is 5.76. The van der Waals surface area contributed by atoms with E-state index in [1.807, 2.05) is 12.1 Å². The van der Waals surface area contributed by atoms with Crippen LogP contribution in [0.4, 0.5) is 5.69 Å². The fourth-order valence-corrected chi connectivity index (χ4v) is 2.98. The van der Waals surface area contributed by atoms with Crippen molar-refractivity contribution >= 4 is 17.4 Å². The highest BCUT2D eigenvalue weighted by Crippen LogP contribution is 2.39. The molecule has 4 nitrogen and oxygen atoms in total. The van der Waals surface area contributed by atoms with Crippen molar-refractivity contribution in [1.82, 2.24) is 0 Å². The van der Waals surface area contributed by atoms with Gasteiger partial charge < -0.3 is 10.1 Å². The molecule has 0 aromatic heterocycles. The highest BCUT2D eigenvalue weighted by molar-refractivity contribution is 5.99. The Bertz CT molecular complexity index is 555. The zero-order valence-corrected chi connectivity index (χ0v) is 11.7. The molecule has 0 unspecified atom stereocenters. The fourth-order valence-electron chi connectivity index (χ4n) is 2.98. The van der Waals surface area contributed by atoms with Gasteiger partial charge in [0, 0.05) is 31.2 Å². The van der Waals surface area contributed by atoms with Crippen LogP contribution in [0.3, 0.4) is 0 Å². The Morgan fingerprint density at radius 2 is 2.15 bits per heavy atom. The van der Waals surface area contributed by atoms with E-state index in [0.717, 1.165) is 36.1 Å². The molecule has 1 aliphatic carbocycles. The van der Waals surface area contributed by atoms with Gasteiger partial charge in [0.05, 0.1) is 5.60 Å². The molecule has 0 saturated heterocycles. The van der Waals surface area contributed by atoms with E-state index in [4.69, 9.17) is 4.74 Å². The SMILES string of the molecule is COC1(CC(=O)c2ccc3c(c2)CCC(=O)N3)CCC1. The molecule has 3 rings (SSSR count). The van der Waals surface area contributed by atoms with Gasteiger partial charge in [0.25, 0.3) is 0 Å². The van der Waals surface area contributed by atoms with Crippen LogP contribution in [0.15, 0.2) is 18.2 Å². The first-order chi connectivity index (χ1) is 9.62. The van der Waals surface area contributed by atoms with Crippen LogP contribution >= 0.6 is 0 Å². The van der Waals surface area contributed by atoms with Crippen LogP contribution < -0.4 is 5.32 Å². The first kappa shape index (κ1) is 13.3. The summed E-state index contributed by atoms with van der Waals surface area (Å²) in [5.74, 6) is 0.177. The van der Waals surface area contributed by atoms with E-state index in [2.05, 4.69) is 5.32 Å². The van der Waals surface area contributed by atoms with Crippen molar-refractivity contribution in [3.8, 4) is 0 Å². The van der Waals surface area contributed by atoms with Crippen molar-refractivity contribution in [3.63, 3.8) is 0 Å². The summed E-state index contributed by atoms with van der Waals surface area (Å²) in [6, 6.07) is 5.55. The molecule has 0 atom stereocenters. The van der Waals surface area contributed by atoms with Gasteiger partial charge in [-0.2, -0.15) is 0 Å². The second-order valence-corrected chi connectivity index (χ2v) is 5.76. The predicted molar refractivity (Wildman–Crippen MR) is 75.9 cm³/mol. The first-order valence-electron chi connectivity index (χ1n) is 7.13. The molecule has 1 aliphatic heterocycles. The molecule has 1 fully saturated rings. The molecule has 4 heteroatoms. The number of hydrogen-bond acceptors (Lipinski definition) is 3. The first-order valence-corrected chi connectivity index (χ1v) is 7.13. The third kappa shape index (κ3) is 2.36. The largest absolute Gasteiger partial charge is 0.378 e. The smallest absolute Gasteiger partial charge is 0.224 e. The van der Waals surface area contributed by atoms with Gasteiger partial charge >= 0.3 is 0 Å². The fraction of sp³-hybridized carbons (Fsp3) is 0.500. The maximum Gasteiger partial charge on any atom is 0.224 e. The third-order valence-corrected chi connectivity index (χ3v) is 4.50. The number of fused-ring (bicyclic) bond motifs is 1. The summed E-state index contributed by atoms with van der Waals surface area (Å²) >= 11 is 0. The molecule has 0 spiro atoms. The minimum atomic E-state index is -0.235. The van der Waals surface area contributed by atoms with Gasteiger partial charge in [0.15, 0.2) is 5.78 Å². The summed E-state index contributed by atoms with van der Waals surface area (Å²) in [4.78, 5) is 23.7. The standard InChI is InChI=1S/C16H19NO3/c1-20-16(7-2-8-16)10-14(18)12-3-5-13-11(9-12)4-6-15(19)17-13/h3,5,9H,2,4,6-8,10H2,1H3,(H,17,19). The average molecular weight is 273 g/mol. The number of methoxy groups -OCH3 is 1. The Balaban J connectivity index is 1.77. The number of carbonyl (C=O) groups is 2. The van der Waals surface area contributed by atoms with Crippen molar-refractivity contribution in [1.29, 1.82) is 0 Å². The van der Waals surface area contributed by atoms with E-state index in [1.54, 1.807) is 13.2 Å². The van der Waals surface area contributed by atoms with Crippen LogP contribution in [0.1, 0.15) is 48.0 Å². The summed E-state index contributed by atoms with van der Waals surface area (Å²) in [5, 5.41) is 2.83. The second kappa shape index (κ2) is 5.02. The number of ether oxygens (including phenoxy) is 1. The zero-order chi connectivity index (χ0) is 14.2. The number of nitrogens with one attached hydrogen (secondary N) is 1. The molecule has 1 amide bonds. The average Bonchev–Trinajstić information content (AvgIpc) is 2.42. The quantitative estimate of drug-likeness (QED) is 0.858. The van der Waals surface area contributed by atoms with Crippen molar-refractivity contribution in [2.75, 3.05) is 12.4 Å². The number of rotatable bonds is 4. The Labute approximate surface area is 118 Å². The van der Waals surface area contributed by atoms with Crippen LogP contribution in [0, 0.1) is 0 Å². The van der Waals surface area contributed by atoms with Gasteiger partial charge in [-0.05, 0) is 49.4 Å². The molecule has 1 aromatic rings. The lowest BCUT2D eigenvalue weighted by Gasteiger charge is -2.40. The lowest BCUT2D eigenvalue weighted by atomic mass is 9.75. The van der Waals surface area contributed by atoms with Crippen molar-refractivity contribution in [3.05, 3.63) is 29.3 Å². The Hall–Kier alpha value is -1.68. The van der Waals surface area contributed by atoms with E-state index >= 15 is 0 Å². The van der Waals surface area contributed by atoms with Crippen molar-refractivity contribution in [2.24, 2.45) is 0 Å². The summed E-state index contributed by atoms with van der Waals surface area (Å²) in [5.41, 5.74) is 2.38. The molecule has 0 radical (unpaired) electrons. The van der Waals surface area contributed by atoms with Gasteiger partial charge in [0.1, 0.15) is 0 Å². The zero-order valence-electron chi connectivity index (χ0n) is 11.7. The highest BCUT2D eigenvalue weighted by atomic mass is 16.5. The van der Waals surface area contributed by atoms with E-state index in [-0.39, 0.29) is 17.3 Å². The van der Waals surface area contributed by atoms with Gasteiger partial charge in [-0.3, -0.25) is 9.59 Å². The van der Waals surface area contributed by atoms with Crippen LogP contribution in [0.5, 0.6) is 0 Å². The maximum absolute atomic E-state index is 12.4. The van der Waals surface area contributed by atoms with Crippen LogP contribution in [-0.4, -0.2) is 24.4 Å². The van der Waals surface area contributed by atoms with Gasteiger partial charge in [-0.15, -0.1) is 0 Å².